The van der Waals surface area contributed by atoms with Crippen LogP contribution in [-0.2, 0) is 17.9 Å². The highest BCUT2D eigenvalue weighted by Gasteiger charge is 2.23. The second-order valence-corrected chi connectivity index (χ2v) is 7.52. The molecule has 0 bridgehead atoms. The molecular weight excluding hydrogens is 364 g/mol. The van der Waals surface area contributed by atoms with Crippen LogP contribution in [-0.4, -0.2) is 43.5 Å². The Labute approximate surface area is 173 Å². The Morgan fingerprint density at radius 1 is 1.17 bits per heavy atom. The second-order valence-electron chi connectivity index (χ2n) is 7.52. The van der Waals surface area contributed by atoms with Crippen LogP contribution >= 0.6 is 0 Å². The molecule has 1 amide bonds. The number of benzene rings is 2. The molecule has 29 heavy (non-hydrogen) atoms. The first-order valence-electron chi connectivity index (χ1n) is 10.0. The molecule has 2 N–H and O–H groups in total. The van der Waals surface area contributed by atoms with Crippen molar-refractivity contribution in [2.75, 3.05) is 20.7 Å². The topological polar surface area (TPSA) is 66.0 Å². The Balaban J connectivity index is 1.49. The maximum atomic E-state index is 11.8. The van der Waals surface area contributed by atoms with Crippen molar-refractivity contribution in [3.63, 3.8) is 0 Å². The van der Waals surface area contributed by atoms with Crippen LogP contribution in [0.2, 0.25) is 0 Å². The van der Waals surface area contributed by atoms with Gasteiger partial charge in [0.05, 0.1) is 0 Å². The van der Waals surface area contributed by atoms with Gasteiger partial charge in [0.15, 0.2) is 12.6 Å². The predicted molar refractivity (Wildman–Crippen MR) is 116 cm³/mol. The zero-order valence-corrected chi connectivity index (χ0v) is 17.4. The molecule has 1 aliphatic carbocycles. The quantitative estimate of drug-likeness (QED) is 0.534. The Bertz CT molecular complexity index is 844. The number of ether oxygens (including phenoxy) is 1. The molecule has 1 fully saturated rings. The number of nitrogens with one attached hydrogen (secondary N) is 2. The fourth-order valence-corrected chi connectivity index (χ4v) is 3.00. The van der Waals surface area contributed by atoms with Crippen molar-refractivity contribution in [2.45, 2.75) is 38.9 Å². The van der Waals surface area contributed by atoms with E-state index < -0.39 is 0 Å². The smallest absolute Gasteiger partial charge is 0.258 e. The molecule has 0 spiro atoms. The van der Waals surface area contributed by atoms with Crippen LogP contribution < -0.4 is 15.4 Å². The second kappa shape index (κ2) is 9.96. The summed E-state index contributed by atoms with van der Waals surface area (Å²) in [6.07, 6.45) is 2.15. The van der Waals surface area contributed by atoms with Crippen LogP contribution in [0.1, 0.15) is 29.5 Å². The number of nitrogens with zero attached hydrogens (tertiary/aromatic N) is 2. The number of carbonyl (C=O) groups is 1. The molecule has 6 nitrogen and oxygen atoms in total. The summed E-state index contributed by atoms with van der Waals surface area (Å²) in [5, 5.41) is 6.31. The average Bonchev–Trinajstić information content (AvgIpc) is 3.53. The number of aryl methyl sites for hydroxylation is 1. The van der Waals surface area contributed by atoms with E-state index in [4.69, 9.17) is 4.74 Å². The van der Waals surface area contributed by atoms with Gasteiger partial charge in [-0.05, 0) is 43.0 Å². The third-order valence-electron chi connectivity index (χ3n) is 4.78. The molecule has 0 heterocycles. The van der Waals surface area contributed by atoms with Crippen molar-refractivity contribution in [1.29, 1.82) is 0 Å². The van der Waals surface area contributed by atoms with E-state index in [0.29, 0.717) is 18.3 Å². The monoisotopic (exact) mass is 394 g/mol. The number of guanidine groups is 1. The predicted octanol–water partition coefficient (Wildman–Crippen LogP) is 2.86. The highest BCUT2D eigenvalue weighted by atomic mass is 16.5. The van der Waals surface area contributed by atoms with E-state index in [0.717, 1.165) is 30.9 Å². The normalized spacial score (nSPS) is 13.7. The Morgan fingerprint density at radius 3 is 2.62 bits per heavy atom. The molecule has 0 atom stereocenters. The van der Waals surface area contributed by atoms with Crippen molar-refractivity contribution in [3.05, 3.63) is 65.2 Å². The molecule has 0 saturated heterocycles. The number of hydrogen-bond acceptors (Lipinski definition) is 3. The largest absolute Gasteiger partial charge is 0.484 e. The van der Waals surface area contributed by atoms with Crippen molar-refractivity contribution >= 4 is 11.9 Å². The summed E-state index contributed by atoms with van der Waals surface area (Å²) in [7, 11) is 3.80. The van der Waals surface area contributed by atoms with Gasteiger partial charge < -0.3 is 20.3 Å². The van der Waals surface area contributed by atoms with Gasteiger partial charge in [-0.15, -0.1) is 0 Å². The SMILES string of the molecule is CN=C(NCc1cccc(OCC(=O)NC2CC2)c1)N(C)Cc1ccc(C)cc1. The van der Waals surface area contributed by atoms with E-state index in [1.165, 1.54) is 11.1 Å². The van der Waals surface area contributed by atoms with Gasteiger partial charge in [0.2, 0.25) is 0 Å². The standard InChI is InChI=1S/C23H30N4O2/c1-17-7-9-18(10-8-17)15-27(3)23(24-2)25-14-19-5-4-6-21(13-19)29-16-22(28)26-20-11-12-20/h4-10,13,20H,11-12,14-16H2,1-3H3,(H,24,25)(H,26,28). The van der Waals surface area contributed by atoms with E-state index in [-0.39, 0.29) is 12.5 Å². The summed E-state index contributed by atoms with van der Waals surface area (Å²) in [5.74, 6) is 1.45. The van der Waals surface area contributed by atoms with E-state index in [2.05, 4.69) is 51.7 Å². The van der Waals surface area contributed by atoms with Crippen LogP contribution in [0.4, 0.5) is 0 Å². The van der Waals surface area contributed by atoms with Gasteiger partial charge in [0, 0.05) is 33.2 Å². The highest BCUT2D eigenvalue weighted by molar-refractivity contribution is 5.79. The van der Waals surface area contributed by atoms with Crippen LogP contribution in [0.3, 0.4) is 0 Å². The summed E-state index contributed by atoms with van der Waals surface area (Å²) >= 11 is 0. The molecule has 2 aromatic rings. The molecule has 6 heteroatoms. The van der Waals surface area contributed by atoms with Crippen molar-refractivity contribution < 1.29 is 9.53 Å². The zero-order valence-electron chi connectivity index (χ0n) is 17.4. The first kappa shape index (κ1) is 20.7. The number of amides is 1. The lowest BCUT2D eigenvalue weighted by atomic mass is 10.1. The molecule has 3 rings (SSSR count). The lowest BCUT2D eigenvalue weighted by Gasteiger charge is -2.22. The number of rotatable bonds is 8. The van der Waals surface area contributed by atoms with E-state index in [1.54, 1.807) is 7.05 Å². The number of carbonyl (C=O) groups excluding carboxylic acids is 1. The Morgan fingerprint density at radius 2 is 1.93 bits per heavy atom. The summed E-state index contributed by atoms with van der Waals surface area (Å²) < 4.78 is 5.63. The van der Waals surface area contributed by atoms with Gasteiger partial charge in [0.1, 0.15) is 5.75 Å². The minimum Gasteiger partial charge on any atom is -0.484 e. The fraction of sp³-hybridized carbons (Fsp3) is 0.391. The van der Waals surface area contributed by atoms with Crippen molar-refractivity contribution in [3.8, 4) is 5.75 Å². The highest BCUT2D eigenvalue weighted by Crippen LogP contribution is 2.18. The summed E-state index contributed by atoms with van der Waals surface area (Å²) in [6.45, 7) is 3.54. The van der Waals surface area contributed by atoms with Crippen LogP contribution in [0.25, 0.3) is 0 Å². The zero-order chi connectivity index (χ0) is 20.6. The molecule has 1 aliphatic rings. The first-order valence-corrected chi connectivity index (χ1v) is 10.0. The van der Waals surface area contributed by atoms with E-state index >= 15 is 0 Å². The Kier molecular flexibility index (Phi) is 7.11. The van der Waals surface area contributed by atoms with Gasteiger partial charge >= 0.3 is 0 Å². The molecule has 1 saturated carbocycles. The number of hydrogen-bond donors (Lipinski definition) is 2. The lowest BCUT2D eigenvalue weighted by Crippen LogP contribution is -2.38. The molecule has 0 radical (unpaired) electrons. The molecular formula is C23H30N4O2. The minimum atomic E-state index is -0.0610. The van der Waals surface area contributed by atoms with Crippen LogP contribution in [0.5, 0.6) is 5.75 Å². The molecule has 2 aromatic carbocycles. The van der Waals surface area contributed by atoms with Gasteiger partial charge in [-0.3, -0.25) is 9.79 Å². The molecule has 0 aliphatic heterocycles. The summed E-state index contributed by atoms with van der Waals surface area (Å²) in [5.41, 5.74) is 3.56. The summed E-state index contributed by atoms with van der Waals surface area (Å²) in [6, 6.07) is 16.6. The molecule has 0 unspecified atom stereocenters. The summed E-state index contributed by atoms with van der Waals surface area (Å²) in [4.78, 5) is 18.2. The van der Waals surface area contributed by atoms with E-state index in [9.17, 15) is 4.79 Å². The maximum absolute atomic E-state index is 11.8. The van der Waals surface area contributed by atoms with Crippen molar-refractivity contribution in [2.24, 2.45) is 4.99 Å². The van der Waals surface area contributed by atoms with Gasteiger partial charge in [-0.1, -0.05) is 42.0 Å². The third-order valence-corrected chi connectivity index (χ3v) is 4.78. The first-order chi connectivity index (χ1) is 14.0. The fourth-order valence-electron chi connectivity index (χ4n) is 3.00. The maximum Gasteiger partial charge on any atom is 0.258 e. The van der Waals surface area contributed by atoms with Gasteiger partial charge in [-0.25, -0.2) is 0 Å². The third kappa shape index (κ3) is 6.82. The van der Waals surface area contributed by atoms with Crippen molar-refractivity contribution in [1.82, 2.24) is 15.5 Å². The van der Waals surface area contributed by atoms with E-state index in [1.807, 2.05) is 31.3 Å². The lowest BCUT2D eigenvalue weighted by molar-refractivity contribution is -0.123. The molecule has 154 valence electrons. The average molecular weight is 395 g/mol. The van der Waals surface area contributed by atoms with Gasteiger partial charge in [-0.2, -0.15) is 0 Å². The number of aliphatic imine (C=N–C) groups is 1. The van der Waals surface area contributed by atoms with Crippen LogP contribution in [0, 0.1) is 6.92 Å². The van der Waals surface area contributed by atoms with Crippen LogP contribution in [0.15, 0.2) is 53.5 Å². The van der Waals surface area contributed by atoms with Gasteiger partial charge in [0.25, 0.3) is 5.91 Å². The Hall–Kier alpha value is -3.02. The molecule has 0 aromatic heterocycles. The minimum absolute atomic E-state index is 0.0499.